The fourth-order valence-electron chi connectivity index (χ4n) is 2.48. The number of amides is 1. The Hall–Kier alpha value is -2.59. The van der Waals surface area contributed by atoms with Gasteiger partial charge in [-0.2, -0.15) is 13.2 Å². The van der Waals surface area contributed by atoms with Crippen LogP contribution >= 0.6 is 27.7 Å². The van der Waals surface area contributed by atoms with Crippen molar-refractivity contribution in [2.45, 2.75) is 11.2 Å². The monoisotopic (exact) mass is 497 g/mol. The molecule has 0 aliphatic carbocycles. The summed E-state index contributed by atoms with van der Waals surface area (Å²) in [5.74, 6) is -0.400. The number of alkyl halides is 3. The molecule has 1 N–H and O–H groups in total. The van der Waals surface area contributed by atoms with Crippen molar-refractivity contribution in [3.8, 4) is 17.0 Å². The molecule has 1 aromatic heterocycles. The Morgan fingerprint density at radius 2 is 1.83 bits per heavy atom. The molecule has 30 heavy (non-hydrogen) atoms. The van der Waals surface area contributed by atoms with Crippen molar-refractivity contribution >= 4 is 39.3 Å². The molecule has 0 atom stereocenters. The number of halogens is 4. The minimum Gasteiger partial charge on any atom is -0.495 e. The van der Waals surface area contributed by atoms with E-state index in [1.807, 2.05) is 24.3 Å². The highest BCUT2D eigenvalue weighted by molar-refractivity contribution is 9.10. The minimum atomic E-state index is -4.52. The maximum atomic E-state index is 12.9. The third-order valence-electron chi connectivity index (χ3n) is 3.93. The highest BCUT2D eigenvalue weighted by Crippen LogP contribution is 2.35. The van der Waals surface area contributed by atoms with Crippen LogP contribution in [-0.4, -0.2) is 29.0 Å². The quantitative estimate of drug-likeness (QED) is 0.444. The van der Waals surface area contributed by atoms with Crippen LogP contribution in [0.5, 0.6) is 5.75 Å². The zero-order valence-electron chi connectivity index (χ0n) is 15.5. The van der Waals surface area contributed by atoms with E-state index in [0.29, 0.717) is 10.7 Å². The summed E-state index contributed by atoms with van der Waals surface area (Å²) in [6, 6.07) is 14.0. The van der Waals surface area contributed by atoms with E-state index in [2.05, 4.69) is 31.4 Å². The maximum Gasteiger partial charge on any atom is 0.416 e. The number of anilines is 1. The van der Waals surface area contributed by atoms with Crippen molar-refractivity contribution < 1.29 is 22.7 Å². The molecule has 0 radical (unpaired) electrons. The van der Waals surface area contributed by atoms with Crippen LogP contribution in [0.25, 0.3) is 11.3 Å². The number of carbonyl (C=O) groups is 1. The first-order chi connectivity index (χ1) is 14.3. The van der Waals surface area contributed by atoms with E-state index in [0.717, 1.165) is 40.0 Å². The largest absolute Gasteiger partial charge is 0.495 e. The highest BCUT2D eigenvalue weighted by Gasteiger charge is 2.31. The maximum absolute atomic E-state index is 12.9. The standard InChI is InChI=1S/C20H15BrF3N3O2S/c1-29-17-8-4-13(20(22,23)24)10-16(17)25-18(28)11-30-19-9-7-15(26-27-19)12-2-5-14(21)6-3-12/h2-10H,11H2,1H3,(H,25,28). The van der Waals surface area contributed by atoms with Crippen LogP contribution in [0.15, 0.2) is 64.1 Å². The molecule has 1 amide bonds. The van der Waals surface area contributed by atoms with Gasteiger partial charge in [-0.1, -0.05) is 39.8 Å². The second-order valence-corrected chi connectivity index (χ2v) is 7.92. The van der Waals surface area contributed by atoms with E-state index in [9.17, 15) is 18.0 Å². The molecule has 0 aliphatic heterocycles. The molecular formula is C20H15BrF3N3O2S. The smallest absolute Gasteiger partial charge is 0.416 e. The molecule has 3 aromatic rings. The van der Waals surface area contributed by atoms with Gasteiger partial charge in [-0.3, -0.25) is 4.79 Å². The van der Waals surface area contributed by atoms with Gasteiger partial charge in [-0.15, -0.1) is 10.2 Å². The van der Waals surface area contributed by atoms with Crippen molar-refractivity contribution in [2.75, 3.05) is 18.2 Å². The minimum absolute atomic E-state index is 0.0467. The Bertz CT molecular complexity index is 1030. The summed E-state index contributed by atoms with van der Waals surface area (Å²) < 4.78 is 44.7. The van der Waals surface area contributed by atoms with Gasteiger partial charge < -0.3 is 10.1 Å². The summed E-state index contributed by atoms with van der Waals surface area (Å²) in [4.78, 5) is 12.2. The zero-order valence-corrected chi connectivity index (χ0v) is 17.9. The lowest BCUT2D eigenvalue weighted by atomic mass is 10.1. The van der Waals surface area contributed by atoms with Crippen molar-refractivity contribution in [1.82, 2.24) is 10.2 Å². The Kier molecular flexibility index (Phi) is 6.99. The number of hydrogen-bond donors (Lipinski definition) is 1. The van der Waals surface area contributed by atoms with Gasteiger partial charge in [0, 0.05) is 10.0 Å². The molecule has 0 aliphatic rings. The fourth-order valence-corrected chi connectivity index (χ4v) is 3.36. The summed E-state index contributed by atoms with van der Waals surface area (Å²) in [5.41, 5.74) is 0.664. The summed E-state index contributed by atoms with van der Waals surface area (Å²) >= 11 is 4.49. The molecular weight excluding hydrogens is 483 g/mol. The fraction of sp³-hybridized carbons (Fsp3) is 0.150. The molecule has 3 rings (SSSR count). The zero-order chi connectivity index (χ0) is 21.7. The predicted molar refractivity (Wildman–Crippen MR) is 113 cm³/mol. The van der Waals surface area contributed by atoms with Crippen LogP contribution < -0.4 is 10.1 Å². The number of nitrogens with zero attached hydrogens (tertiary/aromatic N) is 2. The number of ether oxygens (including phenoxy) is 1. The van der Waals surface area contributed by atoms with Gasteiger partial charge in [0.25, 0.3) is 0 Å². The number of nitrogens with one attached hydrogen (secondary N) is 1. The number of thioether (sulfide) groups is 1. The van der Waals surface area contributed by atoms with Gasteiger partial charge in [0.1, 0.15) is 10.8 Å². The molecule has 10 heteroatoms. The number of carbonyl (C=O) groups excluding carboxylic acids is 1. The predicted octanol–water partition coefficient (Wildman–Crippen LogP) is 5.66. The highest BCUT2D eigenvalue weighted by atomic mass is 79.9. The molecule has 156 valence electrons. The van der Waals surface area contributed by atoms with Gasteiger partial charge in [0.05, 0.1) is 29.8 Å². The van der Waals surface area contributed by atoms with E-state index >= 15 is 0 Å². The third kappa shape index (κ3) is 5.73. The number of aromatic nitrogens is 2. The molecule has 0 fully saturated rings. The van der Waals surface area contributed by atoms with E-state index in [1.165, 1.54) is 7.11 Å². The average molecular weight is 498 g/mol. The van der Waals surface area contributed by atoms with E-state index in [4.69, 9.17) is 4.74 Å². The number of methoxy groups -OCH3 is 1. The Morgan fingerprint density at radius 3 is 2.43 bits per heavy atom. The van der Waals surface area contributed by atoms with E-state index in [1.54, 1.807) is 12.1 Å². The van der Waals surface area contributed by atoms with Gasteiger partial charge in [-0.25, -0.2) is 0 Å². The molecule has 2 aromatic carbocycles. The van der Waals surface area contributed by atoms with Crippen LogP contribution in [0.1, 0.15) is 5.56 Å². The lowest BCUT2D eigenvalue weighted by molar-refractivity contribution is -0.137. The van der Waals surface area contributed by atoms with E-state index < -0.39 is 17.6 Å². The van der Waals surface area contributed by atoms with Gasteiger partial charge in [0.2, 0.25) is 5.91 Å². The Labute approximate surface area is 183 Å². The van der Waals surface area contributed by atoms with Crippen molar-refractivity contribution in [3.63, 3.8) is 0 Å². The van der Waals surface area contributed by atoms with Crippen LogP contribution in [0.3, 0.4) is 0 Å². The Morgan fingerprint density at radius 1 is 1.10 bits per heavy atom. The molecule has 0 saturated carbocycles. The first-order valence-corrected chi connectivity index (χ1v) is 10.3. The number of benzene rings is 2. The number of hydrogen-bond acceptors (Lipinski definition) is 5. The van der Waals surface area contributed by atoms with Crippen molar-refractivity contribution in [1.29, 1.82) is 0 Å². The van der Waals surface area contributed by atoms with Crippen molar-refractivity contribution in [3.05, 3.63) is 64.6 Å². The van der Waals surface area contributed by atoms with E-state index in [-0.39, 0.29) is 17.2 Å². The van der Waals surface area contributed by atoms with Crippen LogP contribution in [-0.2, 0) is 11.0 Å². The molecule has 0 spiro atoms. The second kappa shape index (κ2) is 9.48. The summed E-state index contributed by atoms with van der Waals surface area (Å²) in [6.07, 6.45) is -4.52. The van der Waals surface area contributed by atoms with Crippen LogP contribution in [0.4, 0.5) is 18.9 Å². The lowest BCUT2D eigenvalue weighted by Gasteiger charge is -2.13. The summed E-state index contributed by atoms with van der Waals surface area (Å²) in [6.45, 7) is 0. The van der Waals surface area contributed by atoms with Crippen molar-refractivity contribution in [2.24, 2.45) is 0 Å². The molecule has 0 bridgehead atoms. The summed E-state index contributed by atoms with van der Waals surface area (Å²) in [7, 11) is 1.32. The average Bonchev–Trinajstić information content (AvgIpc) is 2.72. The van der Waals surface area contributed by atoms with Gasteiger partial charge in [-0.05, 0) is 42.5 Å². The normalized spacial score (nSPS) is 11.2. The molecule has 1 heterocycles. The Balaban J connectivity index is 1.63. The molecule has 0 unspecified atom stereocenters. The van der Waals surface area contributed by atoms with Gasteiger partial charge >= 0.3 is 6.18 Å². The summed E-state index contributed by atoms with van der Waals surface area (Å²) in [5, 5.41) is 11.2. The second-order valence-electron chi connectivity index (χ2n) is 6.01. The van der Waals surface area contributed by atoms with Gasteiger partial charge in [0.15, 0.2) is 0 Å². The number of rotatable bonds is 6. The molecule has 0 saturated heterocycles. The SMILES string of the molecule is COc1ccc(C(F)(F)F)cc1NC(=O)CSc1ccc(-c2ccc(Br)cc2)nn1. The third-order valence-corrected chi connectivity index (χ3v) is 5.38. The topological polar surface area (TPSA) is 64.1 Å². The first kappa shape index (κ1) is 22.1. The van der Waals surface area contributed by atoms with Crippen LogP contribution in [0, 0.1) is 0 Å². The molecule has 5 nitrogen and oxygen atoms in total. The van der Waals surface area contributed by atoms with Crippen LogP contribution in [0.2, 0.25) is 0 Å². The first-order valence-electron chi connectivity index (χ1n) is 8.54. The lowest BCUT2D eigenvalue weighted by Crippen LogP contribution is -2.16.